The molecule has 0 bridgehead atoms. The van der Waals surface area contributed by atoms with Crippen LogP contribution >= 0.6 is 15.9 Å². The lowest BCUT2D eigenvalue weighted by atomic mass is 10.3. The molecule has 0 atom stereocenters. The van der Waals surface area contributed by atoms with Gasteiger partial charge in [0.15, 0.2) is 0 Å². The second-order valence-electron chi connectivity index (χ2n) is 3.08. The summed E-state index contributed by atoms with van der Waals surface area (Å²) < 4.78 is 11.6. The molecule has 3 nitrogen and oxygen atoms in total. The molecular formula is C12H10BrNO2. The highest BCUT2D eigenvalue weighted by atomic mass is 79.9. The third-order valence-electron chi connectivity index (χ3n) is 2.02. The van der Waals surface area contributed by atoms with Crippen molar-refractivity contribution in [1.29, 1.82) is 0 Å². The lowest BCUT2D eigenvalue weighted by Gasteiger charge is -2.08. The molecule has 0 fully saturated rings. The first kappa shape index (κ1) is 11.0. The van der Waals surface area contributed by atoms with E-state index in [0.29, 0.717) is 0 Å². The molecule has 0 spiro atoms. The van der Waals surface area contributed by atoms with Gasteiger partial charge in [0.2, 0.25) is 0 Å². The molecule has 0 N–H and O–H groups in total. The Morgan fingerprint density at radius 3 is 2.44 bits per heavy atom. The summed E-state index contributed by atoms with van der Waals surface area (Å²) in [6, 6.07) is 9.16. The molecule has 0 aliphatic carbocycles. The van der Waals surface area contributed by atoms with Gasteiger partial charge in [-0.05, 0) is 46.3 Å². The number of aromatic nitrogens is 1. The molecule has 4 heteroatoms. The van der Waals surface area contributed by atoms with Crippen molar-refractivity contribution in [1.82, 2.24) is 4.98 Å². The third kappa shape index (κ3) is 2.52. The summed E-state index contributed by atoms with van der Waals surface area (Å²) in [6.45, 7) is 0. The van der Waals surface area contributed by atoms with Gasteiger partial charge >= 0.3 is 0 Å². The molecular weight excluding hydrogens is 270 g/mol. The van der Waals surface area contributed by atoms with Gasteiger partial charge in [-0.1, -0.05) is 0 Å². The number of hydrogen-bond acceptors (Lipinski definition) is 3. The Morgan fingerprint density at radius 1 is 1.06 bits per heavy atom. The fraction of sp³-hybridized carbons (Fsp3) is 0.0833. The quantitative estimate of drug-likeness (QED) is 0.860. The smallest absolute Gasteiger partial charge is 0.141 e. The lowest BCUT2D eigenvalue weighted by molar-refractivity contribution is 0.412. The second kappa shape index (κ2) is 4.99. The number of halogens is 1. The molecule has 0 aliphatic rings. The minimum atomic E-state index is 0.743. The van der Waals surface area contributed by atoms with Gasteiger partial charge in [-0.2, -0.15) is 0 Å². The van der Waals surface area contributed by atoms with Crippen molar-refractivity contribution in [2.75, 3.05) is 7.11 Å². The van der Waals surface area contributed by atoms with Crippen LogP contribution in [0.4, 0.5) is 0 Å². The standard InChI is InChI=1S/C12H10BrNO2/c1-15-10-2-3-12(11(13)8-10)16-9-4-6-14-7-5-9/h2-8H,1H3. The molecule has 0 saturated heterocycles. The van der Waals surface area contributed by atoms with E-state index in [2.05, 4.69) is 20.9 Å². The molecule has 0 amide bonds. The Bertz CT molecular complexity index is 474. The highest BCUT2D eigenvalue weighted by molar-refractivity contribution is 9.10. The molecule has 1 aromatic heterocycles. The van der Waals surface area contributed by atoms with Crippen LogP contribution < -0.4 is 9.47 Å². The van der Waals surface area contributed by atoms with Crippen LogP contribution in [0.15, 0.2) is 47.2 Å². The number of pyridine rings is 1. The number of nitrogens with zero attached hydrogens (tertiary/aromatic N) is 1. The van der Waals surface area contributed by atoms with E-state index in [9.17, 15) is 0 Å². The molecule has 0 unspecified atom stereocenters. The summed E-state index contributed by atoms with van der Waals surface area (Å²) in [5.74, 6) is 2.28. The molecule has 1 aromatic carbocycles. The van der Waals surface area contributed by atoms with Gasteiger partial charge in [-0.25, -0.2) is 0 Å². The van der Waals surface area contributed by atoms with Crippen LogP contribution in [0.5, 0.6) is 17.2 Å². The van der Waals surface area contributed by atoms with E-state index in [1.165, 1.54) is 0 Å². The van der Waals surface area contributed by atoms with Crippen LogP contribution in [0.25, 0.3) is 0 Å². The Hall–Kier alpha value is -1.55. The highest BCUT2D eigenvalue weighted by Crippen LogP contribution is 2.32. The first-order chi connectivity index (χ1) is 7.79. The topological polar surface area (TPSA) is 31.4 Å². The zero-order valence-corrected chi connectivity index (χ0v) is 10.3. The summed E-state index contributed by atoms with van der Waals surface area (Å²) in [7, 11) is 1.63. The first-order valence-corrected chi connectivity index (χ1v) is 5.50. The van der Waals surface area contributed by atoms with E-state index < -0.39 is 0 Å². The van der Waals surface area contributed by atoms with Crippen molar-refractivity contribution in [3.05, 3.63) is 47.2 Å². The van der Waals surface area contributed by atoms with Gasteiger partial charge in [0.25, 0.3) is 0 Å². The zero-order valence-electron chi connectivity index (χ0n) is 8.68. The Morgan fingerprint density at radius 2 is 1.81 bits per heavy atom. The van der Waals surface area contributed by atoms with Gasteiger partial charge in [-0.3, -0.25) is 4.98 Å². The molecule has 0 aliphatic heterocycles. The molecule has 2 rings (SSSR count). The first-order valence-electron chi connectivity index (χ1n) is 4.71. The predicted molar refractivity (Wildman–Crippen MR) is 65.0 cm³/mol. The van der Waals surface area contributed by atoms with Gasteiger partial charge in [0, 0.05) is 12.4 Å². The van der Waals surface area contributed by atoms with Crippen molar-refractivity contribution in [3.8, 4) is 17.2 Å². The largest absolute Gasteiger partial charge is 0.497 e. The SMILES string of the molecule is COc1ccc(Oc2ccncc2)c(Br)c1. The number of benzene rings is 1. The minimum absolute atomic E-state index is 0.743. The van der Waals surface area contributed by atoms with Crippen LogP contribution in [0.1, 0.15) is 0 Å². The van der Waals surface area contributed by atoms with E-state index in [4.69, 9.17) is 9.47 Å². The fourth-order valence-electron chi connectivity index (χ4n) is 1.22. The summed E-state index contributed by atoms with van der Waals surface area (Å²) >= 11 is 3.42. The molecule has 16 heavy (non-hydrogen) atoms. The maximum absolute atomic E-state index is 5.67. The van der Waals surface area contributed by atoms with Crippen molar-refractivity contribution in [3.63, 3.8) is 0 Å². The molecule has 82 valence electrons. The van der Waals surface area contributed by atoms with E-state index in [1.807, 2.05) is 18.2 Å². The van der Waals surface area contributed by atoms with E-state index in [1.54, 1.807) is 31.6 Å². The van der Waals surface area contributed by atoms with E-state index in [-0.39, 0.29) is 0 Å². The van der Waals surface area contributed by atoms with Crippen LogP contribution in [0, 0.1) is 0 Å². The molecule has 2 aromatic rings. The maximum atomic E-state index is 5.67. The van der Waals surface area contributed by atoms with E-state index >= 15 is 0 Å². The summed E-state index contributed by atoms with van der Waals surface area (Å²) in [4.78, 5) is 3.93. The monoisotopic (exact) mass is 279 g/mol. The third-order valence-corrected chi connectivity index (χ3v) is 2.64. The van der Waals surface area contributed by atoms with Gasteiger partial charge in [-0.15, -0.1) is 0 Å². The van der Waals surface area contributed by atoms with Crippen molar-refractivity contribution in [2.45, 2.75) is 0 Å². The Labute approximate surface area is 102 Å². The van der Waals surface area contributed by atoms with Crippen LogP contribution in [0.3, 0.4) is 0 Å². The van der Waals surface area contributed by atoms with Crippen molar-refractivity contribution >= 4 is 15.9 Å². The van der Waals surface area contributed by atoms with Crippen LogP contribution in [0.2, 0.25) is 0 Å². The Kier molecular flexibility index (Phi) is 3.41. The van der Waals surface area contributed by atoms with Crippen LogP contribution in [-0.2, 0) is 0 Å². The minimum Gasteiger partial charge on any atom is -0.497 e. The normalized spacial score (nSPS) is 9.88. The molecule has 0 saturated carbocycles. The summed E-state index contributed by atoms with van der Waals surface area (Å²) in [5.41, 5.74) is 0. The van der Waals surface area contributed by atoms with E-state index in [0.717, 1.165) is 21.7 Å². The van der Waals surface area contributed by atoms with Gasteiger partial charge < -0.3 is 9.47 Å². The summed E-state index contributed by atoms with van der Waals surface area (Å²) in [6.07, 6.45) is 3.37. The Balaban J connectivity index is 2.22. The highest BCUT2D eigenvalue weighted by Gasteiger charge is 2.03. The van der Waals surface area contributed by atoms with Crippen LogP contribution in [-0.4, -0.2) is 12.1 Å². The number of ether oxygens (including phenoxy) is 2. The summed E-state index contributed by atoms with van der Waals surface area (Å²) in [5, 5.41) is 0. The second-order valence-corrected chi connectivity index (χ2v) is 3.94. The van der Waals surface area contributed by atoms with Crippen molar-refractivity contribution < 1.29 is 9.47 Å². The fourth-order valence-corrected chi connectivity index (χ4v) is 1.66. The molecule has 1 heterocycles. The zero-order chi connectivity index (χ0) is 11.4. The lowest BCUT2D eigenvalue weighted by Crippen LogP contribution is -1.87. The number of rotatable bonds is 3. The van der Waals surface area contributed by atoms with Gasteiger partial charge in [0.05, 0.1) is 11.6 Å². The average molecular weight is 280 g/mol. The van der Waals surface area contributed by atoms with Crippen molar-refractivity contribution in [2.24, 2.45) is 0 Å². The number of hydrogen-bond donors (Lipinski definition) is 0. The number of methoxy groups -OCH3 is 1. The predicted octanol–water partition coefficient (Wildman–Crippen LogP) is 3.65. The maximum Gasteiger partial charge on any atom is 0.141 e. The molecule has 0 radical (unpaired) electrons. The average Bonchev–Trinajstić information content (AvgIpc) is 2.33. The van der Waals surface area contributed by atoms with Gasteiger partial charge in [0.1, 0.15) is 17.2 Å².